The summed E-state index contributed by atoms with van der Waals surface area (Å²) in [4.78, 5) is 4.17. The number of aryl methyl sites for hydroxylation is 1. The molecule has 0 radical (unpaired) electrons. The van der Waals surface area contributed by atoms with E-state index >= 15 is 0 Å². The fourth-order valence-electron chi connectivity index (χ4n) is 2.32. The van der Waals surface area contributed by atoms with Crippen LogP contribution in [0.4, 0.5) is 0 Å². The molecule has 19 heavy (non-hydrogen) atoms. The van der Waals surface area contributed by atoms with Crippen molar-refractivity contribution in [1.29, 1.82) is 0 Å². The highest BCUT2D eigenvalue weighted by atomic mass is 32.2. The number of aromatic nitrogens is 1. The van der Waals surface area contributed by atoms with Crippen molar-refractivity contribution in [1.82, 2.24) is 9.29 Å². The summed E-state index contributed by atoms with van der Waals surface area (Å²) in [5.74, 6) is 0.710. The van der Waals surface area contributed by atoms with Crippen molar-refractivity contribution in [3.8, 4) is 5.75 Å². The minimum Gasteiger partial charge on any atom is -0.487 e. The molecule has 2 heterocycles. The standard InChI is InChI=1S/C13H18N2O3S/c1-10-2-3-11(8-14-10)18-12-6-7-15(9-12)19(16,17)13-4-5-13/h2-3,8,12-13H,4-7,9H2,1H3/t12-/m1/s1. The van der Waals surface area contributed by atoms with Crippen molar-refractivity contribution in [2.75, 3.05) is 13.1 Å². The zero-order valence-electron chi connectivity index (χ0n) is 10.9. The van der Waals surface area contributed by atoms with Crippen LogP contribution >= 0.6 is 0 Å². The Labute approximate surface area is 113 Å². The molecule has 3 rings (SSSR count). The van der Waals surface area contributed by atoms with Gasteiger partial charge in [-0.15, -0.1) is 0 Å². The molecule has 2 fully saturated rings. The van der Waals surface area contributed by atoms with E-state index < -0.39 is 10.0 Å². The molecule has 1 aliphatic heterocycles. The normalized spacial score (nSPS) is 24.6. The molecule has 1 saturated carbocycles. The van der Waals surface area contributed by atoms with E-state index in [2.05, 4.69) is 4.98 Å². The number of hydrogen-bond donors (Lipinski definition) is 0. The smallest absolute Gasteiger partial charge is 0.217 e. The second-order valence-corrected chi connectivity index (χ2v) is 7.48. The number of nitrogens with zero attached hydrogens (tertiary/aromatic N) is 2. The first kappa shape index (κ1) is 12.9. The molecule has 1 aliphatic carbocycles. The van der Waals surface area contributed by atoms with Gasteiger partial charge in [0.2, 0.25) is 10.0 Å². The Balaban J connectivity index is 1.61. The van der Waals surface area contributed by atoms with Gasteiger partial charge < -0.3 is 4.74 Å². The van der Waals surface area contributed by atoms with Gasteiger partial charge in [-0.2, -0.15) is 4.31 Å². The number of sulfonamides is 1. The first-order valence-electron chi connectivity index (χ1n) is 6.64. The van der Waals surface area contributed by atoms with E-state index in [0.29, 0.717) is 18.8 Å². The van der Waals surface area contributed by atoms with Gasteiger partial charge in [-0.05, 0) is 38.3 Å². The van der Waals surface area contributed by atoms with E-state index in [-0.39, 0.29) is 11.4 Å². The summed E-state index contributed by atoms with van der Waals surface area (Å²) in [6.45, 7) is 2.96. The minimum absolute atomic E-state index is 0.0574. The lowest BCUT2D eigenvalue weighted by atomic mass is 10.3. The van der Waals surface area contributed by atoms with Crippen molar-refractivity contribution in [2.24, 2.45) is 0 Å². The summed E-state index contributed by atoms with van der Waals surface area (Å²) in [7, 11) is -3.06. The van der Waals surface area contributed by atoms with Gasteiger partial charge in [0.25, 0.3) is 0 Å². The molecule has 5 nitrogen and oxygen atoms in total. The molecule has 0 amide bonds. The fraction of sp³-hybridized carbons (Fsp3) is 0.615. The first-order valence-corrected chi connectivity index (χ1v) is 8.14. The summed E-state index contributed by atoms with van der Waals surface area (Å²) in [6, 6.07) is 3.77. The molecule has 1 atom stereocenters. The Bertz CT molecular complexity index is 552. The third-order valence-corrected chi connectivity index (χ3v) is 5.97. The summed E-state index contributed by atoms with van der Waals surface area (Å²) in [5.41, 5.74) is 0.941. The monoisotopic (exact) mass is 282 g/mol. The Morgan fingerprint density at radius 3 is 2.74 bits per heavy atom. The molecule has 1 aromatic rings. The van der Waals surface area contributed by atoms with Gasteiger partial charge in [0.05, 0.1) is 18.0 Å². The van der Waals surface area contributed by atoms with E-state index in [9.17, 15) is 8.42 Å². The number of ether oxygens (including phenoxy) is 1. The molecular weight excluding hydrogens is 264 g/mol. The van der Waals surface area contributed by atoms with Gasteiger partial charge in [0.1, 0.15) is 11.9 Å². The number of pyridine rings is 1. The molecule has 0 unspecified atom stereocenters. The van der Waals surface area contributed by atoms with E-state index in [1.54, 1.807) is 10.5 Å². The second kappa shape index (κ2) is 4.76. The lowest BCUT2D eigenvalue weighted by molar-refractivity contribution is 0.214. The molecule has 0 spiro atoms. The van der Waals surface area contributed by atoms with Crippen molar-refractivity contribution < 1.29 is 13.2 Å². The van der Waals surface area contributed by atoms with Crippen LogP contribution in [0, 0.1) is 6.92 Å². The van der Waals surface area contributed by atoms with Gasteiger partial charge in [-0.1, -0.05) is 0 Å². The van der Waals surface area contributed by atoms with Crippen LogP contribution in [-0.2, 0) is 10.0 Å². The van der Waals surface area contributed by atoms with E-state index in [1.165, 1.54) is 0 Å². The fourth-order valence-corrected chi connectivity index (χ4v) is 4.21. The molecule has 0 bridgehead atoms. The predicted octanol–water partition coefficient (Wildman–Crippen LogP) is 1.34. The molecule has 2 aliphatic rings. The molecule has 0 aromatic carbocycles. The number of hydrogen-bond acceptors (Lipinski definition) is 4. The van der Waals surface area contributed by atoms with Crippen LogP contribution in [-0.4, -0.2) is 42.2 Å². The molecular formula is C13H18N2O3S. The van der Waals surface area contributed by atoms with Crippen molar-refractivity contribution >= 4 is 10.0 Å². The zero-order valence-corrected chi connectivity index (χ0v) is 11.8. The second-order valence-electron chi connectivity index (χ2n) is 5.27. The summed E-state index contributed by atoms with van der Waals surface area (Å²) >= 11 is 0. The Hall–Kier alpha value is -1.14. The summed E-state index contributed by atoms with van der Waals surface area (Å²) < 4.78 is 31.6. The Morgan fingerprint density at radius 1 is 1.32 bits per heavy atom. The zero-order chi connectivity index (χ0) is 13.5. The van der Waals surface area contributed by atoms with Crippen molar-refractivity contribution in [2.45, 2.75) is 37.5 Å². The van der Waals surface area contributed by atoms with Gasteiger partial charge in [0, 0.05) is 12.2 Å². The molecule has 104 valence electrons. The third-order valence-electron chi connectivity index (χ3n) is 3.60. The summed E-state index contributed by atoms with van der Waals surface area (Å²) in [5, 5.41) is -0.132. The van der Waals surface area contributed by atoms with Crippen LogP contribution in [0.3, 0.4) is 0 Å². The number of rotatable bonds is 4. The van der Waals surface area contributed by atoms with Crippen molar-refractivity contribution in [3.63, 3.8) is 0 Å². The van der Waals surface area contributed by atoms with Crippen LogP contribution in [0.25, 0.3) is 0 Å². The lowest BCUT2D eigenvalue weighted by Crippen LogP contribution is -2.33. The quantitative estimate of drug-likeness (QED) is 0.836. The maximum atomic E-state index is 12.1. The van der Waals surface area contributed by atoms with Gasteiger partial charge in [-0.25, -0.2) is 8.42 Å². The van der Waals surface area contributed by atoms with E-state index in [4.69, 9.17) is 4.74 Å². The first-order chi connectivity index (χ1) is 9.05. The lowest BCUT2D eigenvalue weighted by Gasteiger charge is -2.16. The molecule has 1 saturated heterocycles. The average Bonchev–Trinajstić information content (AvgIpc) is 3.14. The average molecular weight is 282 g/mol. The van der Waals surface area contributed by atoms with Crippen LogP contribution in [0.5, 0.6) is 5.75 Å². The van der Waals surface area contributed by atoms with Crippen LogP contribution in [0.2, 0.25) is 0 Å². The molecule has 1 aromatic heterocycles. The van der Waals surface area contributed by atoms with Gasteiger partial charge >= 0.3 is 0 Å². The Kier molecular flexibility index (Phi) is 3.22. The minimum atomic E-state index is -3.06. The SMILES string of the molecule is Cc1ccc(O[C@@H]2CCN(S(=O)(=O)C3CC3)C2)cn1. The molecule has 0 N–H and O–H groups in total. The predicted molar refractivity (Wildman–Crippen MR) is 71.5 cm³/mol. The van der Waals surface area contributed by atoms with Gasteiger partial charge in [0.15, 0.2) is 0 Å². The van der Waals surface area contributed by atoms with Crippen LogP contribution in [0.15, 0.2) is 18.3 Å². The third kappa shape index (κ3) is 2.74. The molecule has 6 heteroatoms. The maximum absolute atomic E-state index is 12.1. The van der Waals surface area contributed by atoms with Crippen LogP contribution < -0.4 is 4.74 Å². The van der Waals surface area contributed by atoms with E-state index in [0.717, 1.165) is 25.0 Å². The van der Waals surface area contributed by atoms with Crippen molar-refractivity contribution in [3.05, 3.63) is 24.0 Å². The van der Waals surface area contributed by atoms with Gasteiger partial charge in [-0.3, -0.25) is 4.98 Å². The highest BCUT2D eigenvalue weighted by molar-refractivity contribution is 7.90. The highest BCUT2D eigenvalue weighted by Crippen LogP contribution is 2.33. The largest absolute Gasteiger partial charge is 0.487 e. The van der Waals surface area contributed by atoms with E-state index in [1.807, 2.05) is 19.1 Å². The Morgan fingerprint density at radius 2 is 2.11 bits per heavy atom. The highest BCUT2D eigenvalue weighted by Gasteiger charge is 2.43. The summed E-state index contributed by atoms with van der Waals surface area (Å²) in [6.07, 6.45) is 4.00. The maximum Gasteiger partial charge on any atom is 0.217 e. The van der Waals surface area contributed by atoms with Crippen LogP contribution in [0.1, 0.15) is 25.0 Å². The topological polar surface area (TPSA) is 59.5 Å².